The maximum Gasteiger partial charge on any atom is 0.320 e. The Kier molecular flexibility index (Phi) is 8.37. The van der Waals surface area contributed by atoms with Crippen LogP contribution in [-0.2, 0) is 19.1 Å². The second-order valence-corrected chi connectivity index (χ2v) is 4.48. The SMILES string of the molecule is CCOC(=O)CN(CC(C)C(=O)OCC)C(C)C. The van der Waals surface area contributed by atoms with Gasteiger partial charge in [-0.1, -0.05) is 6.92 Å². The minimum absolute atomic E-state index is 0.172. The van der Waals surface area contributed by atoms with Gasteiger partial charge in [0.15, 0.2) is 0 Å². The van der Waals surface area contributed by atoms with E-state index < -0.39 is 0 Å². The van der Waals surface area contributed by atoms with E-state index in [-0.39, 0.29) is 30.4 Å². The van der Waals surface area contributed by atoms with Crippen LogP contribution < -0.4 is 0 Å². The third kappa shape index (κ3) is 6.59. The summed E-state index contributed by atoms with van der Waals surface area (Å²) in [6.45, 7) is 10.8. The third-order valence-electron chi connectivity index (χ3n) is 2.57. The number of hydrogen-bond donors (Lipinski definition) is 0. The standard InChI is InChI=1S/C13H25NO4/c1-6-17-12(15)9-14(10(3)4)8-11(5)13(16)18-7-2/h10-11H,6-9H2,1-5H3. The van der Waals surface area contributed by atoms with Gasteiger partial charge in [0.05, 0.1) is 25.7 Å². The number of hydrogen-bond acceptors (Lipinski definition) is 5. The zero-order valence-electron chi connectivity index (χ0n) is 12.1. The number of rotatable bonds is 8. The van der Waals surface area contributed by atoms with E-state index >= 15 is 0 Å². The fourth-order valence-electron chi connectivity index (χ4n) is 1.54. The number of nitrogens with zero attached hydrogens (tertiary/aromatic N) is 1. The lowest BCUT2D eigenvalue weighted by Crippen LogP contribution is -2.41. The molecule has 0 aliphatic heterocycles. The molecule has 1 atom stereocenters. The molecule has 0 N–H and O–H groups in total. The molecule has 0 radical (unpaired) electrons. The quantitative estimate of drug-likeness (QED) is 0.618. The summed E-state index contributed by atoms with van der Waals surface area (Å²) >= 11 is 0. The summed E-state index contributed by atoms with van der Waals surface area (Å²) in [7, 11) is 0. The molecule has 0 aromatic rings. The summed E-state index contributed by atoms with van der Waals surface area (Å²) in [6.07, 6.45) is 0. The van der Waals surface area contributed by atoms with Crippen LogP contribution in [0.5, 0.6) is 0 Å². The maximum atomic E-state index is 11.5. The van der Waals surface area contributed by atoms with Gasteiger partial charge in [0.2, 0.25) is 0 Å². The first-order chi connectivity index (χ1) is 8.42. The van der Waals surface area contributed by atoms with Gasteiger partial charge in [0, 0.05) is 12.6 Å². The van der Waals surface area contributed by atoms with Crippen molar-refractivity contribution in [3.63, 3.8) is 0 Å². The van der Waals surface area contributed by atoms with Crippen LogP contribution in [0.1, 0.15) is 34.6 Å². The largest absolute Gasteiger partial charge is 0.466 e. The second kappa shape index (κ2) is 8.91. The Balaban J connectivity index is 4.35. The van der Waals surface area contributed by atoms with Crippen LogP contribution in [0, 0.1) is 5.92 Å². The normalized spacial score (nSPS) is 12.6. The molecule has 5 heteroatoms. The Morgan fingerprint density at radius 2 is 1.61 bits per heavy atom. The lowest BCUT2D eigenvalue weighted by atomic mass is 10.1. The molecular weight excluding hydrogens is 234 g/mol. The fraction of sp³-hybridized carbons (Fsp3) is 0.846. The molecule has 0 aliphatic carbocycles. The molecular formula is C13H25NO4. The lowest BCUT2D eigenvalue weighted by Gasteiger charge is -2.27. The van der Waals surface area contributed by atoms with Crippen molar-refractivity contribution in [1.29, 1.82) is 0 Å². The van der Waals surface area contributed by atoms with Gasteiger partial charge >= 0.3 is 11.9 Å². The summed E-state index contributed by atoms with van der Waals surface area (Å²) in [5, 5.41) is 0. The Labute approximate surface area is 109 Å². The third-order valence-corrected chi connectivity index (χ3v) is 2.57. The molecule has 0 rings (SSSR count). The van der Waals surface area contributed by atoms with Crippen molar-refractivity contribution in [1.82, 2.24) is 4.90 Å². The van der Waals surface area contributed by atoms with Crippen LogP contribution in [-0.4, -0.2) is 49.2 Å². The van der Waals surface area contributed by atoms with Crippen LogP contribution in [0.3, 0.4) is 0 Å². The molecule has 0 saturated heterocycles. The van der Waals surface area contributed by atoms with Crippen molar-refractivity contribution in [2.75, 3.05) is 26.3 Å². The summed E-state index contributed by atoms with van der Waals surface area (Å²) in [4.78, 5) is 24.9. The molecule has 0 saturated carbocycles. The highest BCUT2D eigenvalue weighted by Crippen LogP contribution is 2.07. The van der Waals surface area contributed by atoms with Gasteiger partial charge in [-0.05, 0) is 27.7 Å². The van der Waals surface area contributed by atoms with E-state index in [0.717, 1.165) is 0 Å². The zero-order chi connectivity index (χ0) is 14.1. The monoisotopic (exact) mass is 259 g/mol. The van der Waals surface area contributed by atoms with E-state index in [0.29, 0.717) is 19.8 Å². The number of carbonyl (C=O) groups excluding carboxylic acids is 2. The van der Waals surface area contributed by atoms with Crippen molar-refractivity contribution in [3.05, 3.63) is 0 Å². The van der Waals surface area contributed by atoms with Crippen molar-refractivity contribution < 1.29 is 19.1 Å². The highest BCUT2D eigenvalue weighted by molar-refractivity contribution is 5.73. The zero-order valence-corrected chi connectivity index (χ0v) is 12.1. The molecule has 0 heterocycles. The molecule has 1 unspecified atom stereocenters. The van der Waals surface area contributed by atoms with E-state index in [1.165, 1.54) is 0 Å². The fourth-order valence-corrected chi connectivity index (χ4v) is 1.54. The minimum Gasteiger partial charge on any atom is -0.466 e. The van der Waals surface area contributed by atoms with Crippen LogP contribution >= 0.6 is 0 Å². The van der Waals surface area contributed by atoms with Crippen molar-refractivity contribution in [2.45, 2.75) is 40.7 Å². The van der Waals surface area contributed by atoms with E-state index in [2.05, 4.69) is 0 Å². The summed E-state index contributed by atoms with van der Waals surface area (Å²) < 4.78 is 9.87. The Morgan fingerprint density at radius 3 is 2.06 bits per heavy atom. The first kappa shape index (κ1) is 16.9. The van der Waals surface area contributed by atoms with Gasteiger partial charge in [-0.3, -0.25) is 14.5 Å². The number of ether oxygens (including phenoxy) is 2. The van der Waals surface area contributed by atoms with Gasteiger partial charge < -0.3 is 9.47 Å². The van der Waals surface area contributed by atoms with Gasteiger partial charge in [-0.2, -0.15) is 0 Å². The van der Waals surface area contributed by atoms with Crippen LogP contribution in [0.25, 0.3) is 0 Å². The molecule has 5 nitrogen and oxygen atoms in total. The highest BCUT2D eigenvalue weighted by Gasteiger charge is 2.22. The summed E-state index contributed by atoms with van der Waals surface area (Å²) in [6, 6.07) is 0.172. The van der Waals surface area contributed by atoms with Gasteiger partial charge in [-0.25, -0.2) is 0 Å². The van der Waals surface area contributed by atoms with Crippen LogP contribution in [0.2, 0.25) is 0 Å². The van der Waals surface area contributed by atoms with Crippen molar-refractivity contribution in [2.24, 2.45) is 5.92 Å². The average molecular weight is 259 g/mol. The smallest absolute Gasteiger partial charge is 0.320 e. The Morgan fingerprint density at radius 1 is 1.06 bits per heavy atom. The molecule has 0 aliphatic rings. The predicted octanol–water partition coefficient (Wildman–Crippen LogP) is 1.46. The molecule has 0 spiro atoms. The van der Waals surface area contributed by atoms with E-state index in [4.69, 9.17) is 9.47 Å². The first-order valence-electron chi connectivity index (χ1n) is 6.48. The maximum absolute atomic E-state index is 11.5. The second-order valence-electron chi connectivity index (χ2n) is 4.48. The highest BCUT2D eigenvalue weighted by atomic mass is 16.5. The van der Waals surface area contributed by atoms with E-state index in [1.807, 2.05) is 18.7 Å². The van der Waals surface area contributed by atoms with Crippen LogP contribution in [0.15, 0.2) is 0 Å². The van der Waals surface area contributed by atoms with Crippen molar-refractivity contribution >= 4 is 11.9 Å². The van der Waals surface area contributed by atoms with Crippen molar-refractivity contribution in [3.8, 4) is 0 Å². The van der Waals surface area contributed by atoms with Gasteiger partial charge in [0.25, 0.3) is 0 Å². The van der Waals surface area contributed by atoms with E-state index in [1.54, 1.807) is 20.8 Å². The molecule has 18 heavy (non-hydrogen) atoms. The lowest BCUT2D eigenvalue weighted by molar-refractivity contribution is -0.150. The molecule has 0 bridgehead atoms. The van der Waals surface area contributed by atoms with Gasteiger partial charge in [0.1, 0.15) is 0 Å². The molecule has 0 aromatic heterocycles. The predicted molar refractivity (Wildman–Crippen MR) is 69.1 cm³/mol. The number of carbonyl (C=O) groups is 2. The van der Waals surface area contributed by atoms with Gasteiger partial charge in [-0.15, -0.1) is 0 Å². The molecule has 0 fully saturated rings. The minimum atomic E-state index is -0.262. The number of esters is 2. The van der Waals surface area contributed by atoms with Crippen LogP contribution in [0.4, 0.5) is 0 Å². The average Bonchev–Trinajstić information content (AvgIpc) is 2.28. The Bertz CT molecular complexity index is 266. The molecule has 0 amide bonds. The summed E-state index contributed by atoms with van der Waals surface area (Å²) in [5.41, 5.74) is 0. The van der Waals surface area contributed by atoms with E-state index in [9.17, 15) is 9.59 Å². The Hall–Kier alpha value is -1.10. The first-order valence-corrected chi connectivity index (χ1v) is 6.48. The molecule has 106 valence electrons. The summed E-state index contributed by atoms with van der Waals surface area (Å²) in [5.74, 6) is -0.740. The topological polar surface area (TPSA) is 55.8 Å². The molecule has 0 aromatic carbocycles.